The SMILES string of the molecule is O=C1OC(C(=O)Nc2ccc(-n3cncn3)cc2)Cc2ccccc21. The lowest BCUT2D eigenvalue weighted by Gasteiger charge is -2.23. The second-order valence-electron chi connectivity index (χ2n) is 5.63. The lowest BCUT2D eigenvalue weighted by Crippen LogP contribution is -2.37. The minimum atomic E-state index is -0.836. The zero-order chi connectivity index (χ0) is 17.2. The zero-order valence-corrected chi connectivity index (χ0v) is 13.1. The Labute approximate surface area is 143 Å². The Morgan fingerprint density at radius 1 is 1.16 bits per heavy atom. The summed E-state index contributed by atoms with van der Waals surface area (Å²) in [4.78, 5) is 28.3. The summed E-state index contributed by atoms with van der Waals surface area (Å²) < 4.78 is 6.87. The number of anilines is 1. The third-order valence-electron chi connectivity index (χ3n) is 4.00. The van der Waals surface area contributed by atoms with Crippen molar-refractivity contribution in [1.82, 2.24) is 14.8 Å². The van der Waals surface area contributed by atoms with Crippen LogP contribution in [0.15, 0.2) is 61.2 Å². The summed E-state index contributed by atoms with van der Waals surface area (Å²) in [6, 6.07) is 14.3. The number of ether oxygens (including phenoxy) is 1. The summed E-state index contributed by atoms with van der Waals surface area (Å²) in [7, 11) is 0. The molecule has 2 aromatic carbocycles. The van der Waals surface area contributed by atoms with Crippen LogP contribution in [0.5, 0.6) is 0 Å². The minimum absolute atomic E-state index is 0.351. The van der Waals surface area contributed by atoms with Gasteiger partial charge in [-0.2, -0.15) is 5.10 Å². The van der Waals surface area contributed by atoms with Gasteiger partial charge in [-0.05, 0) is 35.9 Å². The Morgan fingerprint density at radius 2 is 1.96 bits per heavy atom. The van der Waals surface area contributed by atoms with Crippen LogP contribution in [0.4, 0.5) is 5.69 Å². The number of aromatic nitrogens is 3. The van der Waals surface area contributed by atoms with E-state index in [9.17, 15) is 9.59 Å². The average Bonchev–Trinajstić information content (AvgIpc) is 3.17. The molecule has 0 saturated heterocycles. The Hall–Kier alpha value is -3.48. The standard InChI is InChI=1S/C18H14N4O3/c23-17(16-9-12-3-1-2-4-15(12)18(24)25-16)21-13-5-7-14(8-6-13)22-11-19-10-20-22/h1-8,10-11,16H,9H2,(H,21,23). The molecule has 0 fully saturated rings. The molecule has 7 heteroatoms. The van der Waals surface area contributed by atoms with Gasteiger partial charge < -0.3 is 10.1 Å². The molecule has 3 aromatic rings. The fourth-order valence-corrected chi connectivity index (χ4v) is 2.74. The number of carbonyl (C=O) groups excluding carboxylic acids is 2. The molecule has 1 aliphatic rings. The summed E-state index contributed by atoms with van der Waals surface area (Å²) in [6.45, 7) is 0. The number of cyclic esters (lactones) is 1. The van der Waals surface area contributed by atoms with Crippen LogP contribution in [0, 0.1) is 0 Å². The third-order valence-corrected chi connectivity index (χ3v) is 4.00. The first kappa shape index (κ1) is 15.1. The summed E-state index contributed by atoms with van der Waals surface area (Å²) in [5.74, 6) is -0.820. The van der Waals surface area contributed by atoms with Gasteiger partial charge in [0.2, 0.25) is 0 Å². The predicted octanol–water partition coefficient (Wildman–Crippen LogP) is 1.99. The molecule has 0 bridgehead atoms. The second kappa shape index (κ2) is 6.20. The van der Waals surface area contributed by atoms with Gasteiger partial charge in [0, 0.05) is 12.1 Å². The Balaban J connectivity index is 1.47. The van der Waals surface area contributed by atoms with Crippen molar-refractivity contribution in [2.75, 3.05) is 5.32 Å². The molecule has 25 heavy (non-hydrogen) atoms. The van der Waals surface area contributed by atoms with Gasteiger partial charge in [0.15, 0.2) is 6.10 Å². The highest BCUT2D eigenvalue weighted by molar-refractivity contribution is 6.00. The molecule has 4 rings (SSSR count). The van der Waals surface area contributed by atoms with Crippen LogP contribution in [0.1, 0.15) is 15.9 Å². The fraction of sp³-hybridized carbons (Fsp3) is 0.111. The molecule has 0 saturated carbocycles. The maximum absolute atomic E-state index is 12.4. The van der Waals surface area contributed by atoms with Gasteiger partial charge in [-0.3, -0.25) is 4.79 Å². The monoisotopic (exact) mass is 334 g/mol. The van der Waals surface area contributed by atoms with Crippen molar-refractivity contribution in [3.05, 3.63) is 72.3 Å². The highest BCUT2D eigenvalue weighted by Gasteiger charge is 2.31. The Bertz CT molecular complexity index is 920. The Morgan fingerprint density at radius 3 is 2.72 bits per heavy atom. The quantitative estimate of drug-likeness (QED) is 0.740. The molecule has 0 spiro atoms. The first-order chi connectivity index (χ1) is 12.2. The number of rotatable bonds is 3. The van der Waals surface area contributed by atoms with Crippen molar-refractivity contribution < 1.29 is 14.3 Å². The number of carbonyl (C=O) groups is 2. The average molecular weight is 334 g/mol. The van der Waals surface area contributed by atoms with Gasteiger partial charge in [0.1, 0.15) is 12.7 Å². The first-order valence-corrected chi connectivity index (χ1v) is 7.75. The first-order valence-electron chi connectivity index (χ1n) is 7.75. The van der Waals surface area contributed by atoms with Crippen molar-refractivity contribution in [1.29, 1.82) is 0 Å². The maximum Gasteiger partial charge on any atom is 0.339 e. The van der Waals surface area contributed by atoms with Crippen LogP contribution < -0.4 is 5.32 Å². The normalized spacial score (nSPS) is 16.0. The zero-order valence-electron chi connectivity index (χ0n) is 13.1. The van der Waals surface area contributed by atoms with Crippen LogP contribution in [-0.2, 0) is 16.0 Å². The van der Waals surface area contributed by atoms with E-state index in [4.69, 9.17) is 4.74 Å². The van der Waals surface area contributed by atoms with Crippen LogP contribution in [0.3, 0.4) is 0 Å². The van der Waals surface area contributed by atoms with E-state index >= 15 is 0 Å². The van der Waals surface area contributed by atoms with Crippen molar-refractivity contribution >= 4 is 17.6 Å². The van der Waals surface area contributed by atoms with Crippen molar-refractivity contribution in [2.45, 2.75) is 12.5 Å². The Kier molecular flexibility index (Phi) is 3.74. The van der Waals surface area contributed by atoms with E-state index in [1.54, 1.807) is 35.3 Å². The molecule has 1 aliphatic heterocycles. The maximum atomic E-state index is 12.4. The van der Waals surface area contributed by atoms with E-state index in [-0.39, 0.29) is 5.91 Å². The van der Waals surface area contributed by atoms with Gasteiger partial charge in [0.05, 0.1) is 11.3 Å². The van der Waals surface area contributed by atoms with E-state index in [0.717, 1.165) is 11.3 Å². The molecule has 1 amide bonds. The summed E-state index contributed by atoms with van der Waals surface area (Å²) in [5, 5.41) is 6.81. The summed E-state index contributed by atoms with van der Waals surface area (Å²) in [5.41, 5.74) is 2.78. The number of hydrogen-bond donors (Lipinski definition) is 1. The molecule has 0 aliphatic carbocycles. The van der Waals surface area contributed by atoms with Gasteiger partial charge in [-0.15, -0.1) is 0 Å². The fourth-order valence-electron chi connectivity index (χ4n) is 2.74. The van der Waals surface area contributed by atoms with Crippen molar-refractivity contribution in [2.24, 2.45) is 0 Å². The van der Waals surface area contributed by atoms with Crippen LogP contribution >= 0.6 is 0 Å². The molecule has 2 heterocycles. The minimum Gasteiger partial charge on any atom is -0.448 e. The largest absolute Gasteiger partial charge is 0.448 e. The van der Waals surface area contributed by atoms with E-state index < -0.39 is 12.1 Å². The molecule has 1 aromatic heterocycles. The lowest BCUT2D eigenvalue weighted by molar-refractivity contribution is -0.125. The second-order valence-corrected chi connectivity index (χ2v) is 5.63. The number of benzene rings is 2. The highest BCUT2D eigenvalue weighted by Crippen LogP contribution is 2.21. The third kappa shape index (κ3) is 2.99. The van der Waals surface area contributed by atoms with Crippen molar-refractivity contribution in [3.63, 3.8) is 0 Å². The topological polar surface area (TPSA) is 86.1 Å². The highest BCUT2D eigenvalue weighted by atomic mass is 16.5. The van der Waals surface area contributed by atoms with Crippen molar-refractivity contribution in [3.8, 4) is 5.69 Å². The van der Waals surface area contributed by atoms with Gasteiger partial charge in [-0.1, -0.05) is 18.2 Å². The number of fused-ring (bicyclic) bond motifs is 1. The molecular weight excluding hydrogens is 320 g/mol. The van der Waals surface area contributed by atoms with E-state index in [1.807, 2.05) is 24.3 Å². The molecule has 0 radical (unpaired) electrons. The molecule has 1 unspecified atom stereocenters. The molecule has 1 atom stereocenters. The predicted molar refractivity (Wildman–Crippen MR) is 89.3 cm³/mol. The smallest absolute Gasteiger partial charge is 0.339 e. The summed E-state index contributed by atoms with van der Waals surface area (Å²) >= 11 is 0. The van der Waals surface area contributed by atoms with E-state index in [2.05, 4.69) is 15.4 Å². The van der Waals surface area contributed by atoms with Crippen LogP contribution in [0.25, 0.3) is 5.69 Å². The summed E-state index contributed by atoms with van der Waals surface area (Å²) in [6.07, 6.45) is 2.57. The van der Waals surface area contributed by atoms with E-state index in [1.165, 1.54) is 6.33 Å². The lowest BCUT2D eigenvalue weighted by atomic mass is 9.98. The number of hydrogen-bond acceptors (Lipinski definition) is 5. The molecule has 124 valence electrons. The number of nitrogens with zero attached hydrogens (tertiary/aromatic N) is 3. The molecular formula is C18H14N4O3. The molecule has 7 nitrogen and oxygen atoms in total. The van der Waals surface area contributed by atoms with Gasteiger partial charge in [-0.25, -0.2) is 14.5 Å². The number of amides is 1. The van der Waals surface area contributed by atoms with Gasteiger partial charge in [0.25, 0.3) is 5.91 Å². The molecule has 1 N–H and O–H groups in total. The van der Waals surface area contributed by atoms with Gasteiger partial charge >= 0.3 is 5.97 Å². The number of nitrogens with one attached hydrogen (secondary N) is 1. The van der Waals surface area contributed by atoms with E-state index in [0.29, 0.717) is 17.7 Å². The number of esters is 1. The van der Waals surface area contributed by atoms with Crippen LogP contribution in [-0.4, -0.2) is 32.7 Å². The van der Waals surface area contributed by atoms with Crippen LogP contribution in [0.2, 0.25) is 0 Å².